The molecule has 0 rings (SSSR count). The first-order chi connectivity index (χ1) is 6.90. The lowest BCUT2D eigenvalue weighted by atomic mass is 10.4. The number of hydrogen-bond acceptors (Lipinski definition) is 3. The summed E-state index contributed by atoms with van der Waals surface area (Å²) in [6.07, 6.45) is -2.05. The van der Waals surface area contributed by atoms with Crippen molar-refractivity contribution in [3.05, 3.63) is 0 Å². The second kappa shape index (κ2) is 7.04. The van der Waals surface area contributed by atoms with Crippen molar-refractivity contribution in [3.63, 3.8) is 0 Å². The minimum Gasteiger partial charge on any atom is -0.320 e. The van der Waals surface area contributed by atoms with Gasteiger partial charge in [-0.1, -0.05) is 0 Å². The van der Waals surface area contributed by atoms with Gasteiger partial charge >= 0.3 is 0 Å². The Bertz CT molecular complexity index is 259. The summed E-state index contributed by atoms with van der Waals surface area (Å²) in [5.74, 6) is 0. The van der Waals surface area contributed by atoms with Gasteiger partial charge in [-0.3, -0.25) is 0 Å². The maximum atomic E-state index is 11.8. The molecule has 0 aromatic rings. The van der Waals surface area contributed by atoms with Crippen LogP contribution in [-0.4, -0.2) is 52.9 Å². The van der Waals surface area contributed by atoms with Crippen molar-refractivity contribution in [3.8, 4) is 0 Å². The Balaban J connectivity index is 3.97. The number of alkyl halides is 2. The van der Waals surface area contributed by atoms with E-state index in [0.717, 1.165) is 4.31 Å². The molecule has 0 aromatic carbocycles. The average molecular weight is 245 g/mol. The van der Waals surface area contributed by atoms with E-state index < -0.39 is 23.2 Å². The second-order valence-corrected chi connectivity index (χ2v) is 4.89. The molecule has 0 spiro atoms. The van der Waals surface area contributed by atoms with Gasteiger partial charge in [0.2, 0.25) is 0 Å². The fraction of sp³-hybridized carbons (Fsp3) is 1.00. The molecule has 0 aliphatic carbocycles. The zero-order valence-corrected chi connectivity index (χ0v) is 9.65. The first-order valence-electron chi connectivity index (χ1n) is 4.54. The standard InChI is InChI=1S/C7H17F2N3O2S/c1-10-4-3-5-12(2)15(13,14)11-6-7(8)9/h7,10-11H,3-6H2,1-2H3. The molecule has 0 amide bonds. The lowest BCUT2D eigenvalue weighted by Crippen LogP contribution is -2.41. The molecule has 0 aliphatic heterocycles. The van der Waals surface area contributed by atoms with Crippen LogP contribution in [0.4, 0.5) is 8.78 Å². The molecule has 0 aliphatic rings. The molecule has 0 heterocycles. The summed E-state index contributed by atoms with van der Waals surface area (Å²) >= 11 is 0. The van der Waals surface area contributed by atoms with E-state index in [1.807, 2.05) is 4.72 Å². The molecule has 0 atom stereocenters. The quantitative estimate of drug-likeness (QED) is 0.573. The SMILES string of the molecule is CNCCCN(C)S(=O)(=O)NCC(F)F. The van der Waals surface area contributed by atoms with Gasteiger partial charge in [0.15, 0.2) is 0 Å². The van der Waals surface area contributed by atoms with Crippen LogP contribution in [0.3, 0.4) is 0 Å². The summed E-state index contributed by atoms with van der Waals surface area (Å²) in [5.41, 5.74) is 0. The van der Waals surface area contributed by atoms with Crippen LogP contribution >= 0.6 is 0 Å². The molecule has 5 nitrogen and oxygen atoms in total. The van der Waals surface area contributed by atoms with Crippen molar-refractivity contribution in [2.24, 2.45) is 0 Å². The molecular weight excluding hydrogens is 228 g/mol. The van der Waals surface area contributed by atoms with Crippen molar-refractivity contribution < 1.29 is 17.2 Å². The van der Waals surface area contributed by atoms with Crippen LogP contribution in [0.25, 0.3) is 0 Å². The maximum Gasteiger partial charge on any atom is 0.279 e. The molecule has 0 aromatic heterocycles. The van der Waals surface area contributed by atoms with Gasteiger partial charge in [-0.15, -0.1) is 0 Å². The normalized spacial score (nSPS) is 12.7. The van der Waals surface area contributed by atoms with Gasteiger partial charge in [0, 0.05) is 13.6 Å². The van der Waals surface area contributed by atoms with Crippen LogP contribution in [0.5, 0.6) is 0 Å². The lowest BCUT2D eigenvalue weighted by Gasteiger charge is -2.17. The number of rotatable bonds is 8. The van der Waals surface area contributed by atoms with Crippen molar-refractivity contribution in [1.82, 2.24) is 14.3 Å². The predicted octanol–water partition coefficient (Wildman–Crippen LogP) is -0.373. The highest BCUT2D eigenvalue weighted by Gasteiger charge is 2.18. The topological polar surface area (TPSA) is 61.4 Å². The third kappa shape index (κ3) is 6.72. The summed E-state index contributed by atoms with van der Waals surface area (Å²) in [6.45, 7) is 0.118. The highest BCUT2D eigenvalue weighted by molar-refractivity contribution is 7.87. The molecule has 15 heavy (non-hydrogen) atoms. The fourth-order valence-corrected chi connectivity index (χ4v) is 1.80. The zero-order chi connectivity index (χ0) is 11.9. The van der Waals surface area contributed by atoms with E-state index >= 15 is 0 Å². The molecule has 0 saturated heterocycles. The number of nitrogens with one attached hydrogen (secondary N) is 2. The van der Waals surface area contributed by atoms with Crippen molar-refractivity contribution in [2.75, 3.05) is 33.7 Å². The van der Waals surface area contributed by atoms with Crippen LogP contribution in [-0.2, 0) is 10.2 Å². The van der Waals surface area contributed by atoms with E-state index in [9.17, 15) is 17.2 Å². The van der Waals surface area contributed by atoms with Crippen LogP contribution in [0, 0.1) is 0 Å². The summed E-state index contributed by atoms with van der Waals surface area (Å²) < 4.78 is 49.0. The largest absolute Gasteiger partial charge is 0.320 e. The van der Waals surface area contributed by atoms with Crippen molar-refractivity contribution in [2.45, 2.75) is 12.8 Å². The van der Waals surface area contributed by atoms with Crippen LogP contribution in [0.15, 0.2) is 0 Å². The van der Waals surface area contributed by atoms with Crippen LogP contribution in [0.2, 0.25) is 0 Å². The van der Waals surface area contributed by atoms with Gasteiger partial charge in [0.25, 0.3) is 16.6 Å². The average Bonchev–Trinajstić information content (AvgIpc) is 2.15. The maximum absolute atomic E-state index is 11.8. The van der Waals surface area contributed by atoms with Crippen molar-refractivity contribution in [1.29, 1.82) is 0 Å². The van der Waals surface area contributed by atoms with Gasteiger partial charge in [-0.25, -0.2) is 8.78 Å². The molecule has 0 radical (unpaired) electrons. The highest BCUT2D eigenvalue weighted by atomic mass is 32.2. The third-order valence-electron chi connectivity index (χ3n) is 1.73. The second-order valence-electron chi connectivity index (χ2n) is 3.02. The van der Waals surface area contributed by atoms with Crippen LogP contribution in [0.1, 0.15) is 6.42 Å². The minimum absolute atomic E-state index is 0.291. The summed E-state index contributed by atoms with van der Waals surface area (Å²) in [5, 5.41) is 2.86. The Kier molecular flexibility index (Phi) is 6.90. The van der Waals surface area contributed by atoms with Gasteiger partial charge in [0.05, 0.1) is 6.54 Å². The van der Waals surface area contributed by atoms with E-state index in [-0.39, 0.29) is 0 Å². The number of halogens is 2. The minimum atomic E-state index is -3.76. The van der Waals surface area contributed by atoms with Crippen LogP contribution < -0.4 is 10.0 Å². The molecular formula is C7H17F2N3O2S. The van der Waals surface area contributed by atoms with Gasteiger partial charge in [-0.05, 0) is 20.0 Å². The zero-order valence-electron chi connectivity index (χ0n) is 8.83. The molecule has 2 N–H and O–H groups in total. The first-order valence-corrected chi connectivity index (χ1v) is 5.98. The smallest absolute Gasteiger partial charge is 0.279 e. The molecule has 0 fully saturated rings. The Labute approximate surface area is 89.0 Å². The third-order valence-corrected chi connectivity index (χ3v) is 3.26. The number of hydrogen-bond donors (Lipinski definition) is 2. The molecule has 0 bridgehead atoms. The molecule has 8 heteroatoms. The van der Waals surface area contributed by atoms with Gasteiger partial charge < -0.3 is 5.32 Å². The Morgan fingerprint density at radius 3 is 2.47 bits per heavy atom. The lowest BCUT2D eigenvalue weighted by molar-refractivity contribution is 0.152. The van der Waals surface area contributed by atoms with E-state index in [1.165, 1.54) is 7.05 Å². The fourth-order valence-electron chi connectivity index (χ4n) is 0.877. The highest BCUT2D eigenvalue weighted by Crippen LogP contribution is 1.97. The van der Waals surface area contributed by atoms with E-state index in [4.69, 9.17) is 0 Å². The Morgan fingerprint density at radius 1 is 1.40 bits per heavy atom. The van der Waals surface area contributed by atoms with E-state index in [1.54, 1.807) is 7.05 Å². The number of nitrogens with zero attached hydrogens (tertiary/aromatic N) is 1. The summed E-state index contributed by atoms with van der Waals surface area (Å²) in [4.78, 5) is 0. The summed E-state index contributed by atoms with van der Waals surface area (Å²) in [6, 6.07) is 0. The van der Waals surface area contributed by atoms with E-state index in [0.29, 0.717) is 19.5 Å². The molecule has 0 saturated carbocycles. The Hall–Kier alpha value is -0.310. The Morgan fingerprint density at radius 2 is 2.00 bits per heavy atom. The van der Waals surface area contributed by atoms with Crippen molar-refractivity contribution >= 4 is 10.2 Å². The first kappa shape index (κ1) is 14.7. The van der Waals surface area contributed by atoms with E-state index in [2.05, 4.69) is 5.32 Å². The molecule has 0 unspecified atom stereocenters. The monoisotopic (exact) mass is 245 g/mol. The predicted molar refractivity (Wildman–Crippen MR) is 54.1 cm³/mol. The summed E-state index contributed by atoms with van der Waals surface area (Å²) in [7, 11) is -0.656. The molecule has 92 valence electrons. The van der Waals surface area contributed by atoms with Gasteiger partial charge in [0.1, 0.15) is 0 Å². The van der Waals surface area contributed by atoms with Gasteiger partial charge in [-0.2, -0.15) is 17.4 Å².